The molecule has 0 spiro atoms. The number of carbonyl (C=O) groups excluding carboxylic acids is 1. The highest BCUT2D eigenvalue weighted by Crippen LogP contribution is 2.41. The fraction of sp³-hybridized carbons (Fsp3) is 0.227. The van der Waals surface area contributed by atoms with Gasteiger partial charge < -0.3 is 0 Å². The molecule has 132 valence electrons. The highest BCUT2D eigenvalue weighted by molar-refractivity contribution is 9.10. The molecule has 2 aromatic rings. The van der Waals surface area contributed by atoms with Crippen molar-refractivity contribution in [1.29, 1.82) is 0 Å². The van der Waals surface area contributed by atoms with Crippen molar-refractivity contribution in [3.63, 3.8) is 0 Å². The number of benzene rings is 2. The second-order valence-corrected chi connectivity index (χ2v) is 8.55. The van der Waals surface area contributed by atoms with Crippen LogP contribution < -0.4 is 0 Å². The first kappa shape index (κ1) is 17.9. The lowest BCUT2D eigenvalue weighted by atomic mass is 9.88. The zero-order valence-electron chi connectivity index (χ0n) is 14.5. The smallest absolute Gasteiger partial charge is 0.188 e. The molecule has 4 heteroatoms. The van der Waals surface area contributed by atoms with E-state index in [4.69, 9.17) is 0 Å². The highest BCUT2D eigenvalue weighted by atomic mass is 79.9. The minimum absolute atomic E-state index is 0.183. The summed E-state index contributed by atoms with van der Waals surface area (Å²) in [4.78, 5) is 15.7. The van der Waals surface area contributed by atoms with Gasteiger partial charge in [0.25, 0.3) is 0 Å². The van der Waals surface area contributed by atoms with Gasteiger partial charge in [-0.3, -0.25) is 9.69 Å². The molecule has 2 heterocycles. The van der Waals surface area contributed by atoms with Crippen LogP contribution in [0, 0.1) is 0 Å². The Labute approximate surface area is 170 Å². The average molecular weight is 473 g/mol. The van der Waals surface area contributed by atoms with E-state index in [-0.39, 0.29) is 17.9 Å². The fourth-order valence-corrected chi connectivity index (χ4v) is 4.80. The number of Topliss-reactive ketones (excluding diaryl/α,β-unsaturated/α-hetero) is 1. The molecule has 0 amide bonds. The zero-order valence-corrected chi connectivity index (χ0v) is 17.6. The second-order valence-electron chi connectivity index (χ2n) is 6.85. The van der Waals surface area contributed by atoms with E-state index in [1.165, 1.54) is 0 Å². The lowest BCUT2D eigenvalue weighted by Gasteiger charge is -2.34. The van der Waals surface area contributed by atoms with Crippen LogP contribution in [0.4, 0.5) is 0 Å². The molecule has 2 saturated heterocycles. The van der Waals surface area contributed by atoms with E-state index in [1.54, 1.807) is 0 Å². The largest absolute Gasteiger partial charge is 0.292 e. The van der Waals surface area contributed by atoms with Gasteiger partial charge in [0, 0.05) is 32.2 Å². The van der Waals surface area contributed by atoms with Crippen LogP contribution in [0.3, 0.4) is 0 Å². The third-order valence-electron chi connectivity index (χ3n) is 5.37. The van der Waals surface area contributed by atoms with Crippen molar-refractivity contribution in [3.05, 3.63) is 79.7 Å². The number of rotatable bonds is 2. The van der Waals surface area contributed by atoms with Crippen LogP contribution in [-0.4, -0.2) is 29.8 Å². The van der Waals surface area contributed by atoms with Crippen LogP contribution in [0.1, 0.15) is 24.0 Å². The second kappa shape index (κ2) is 7.26. The maximum absolute atomic E-state index is 13.4. The van der Waals surface area contributed by atoms with Gasteiger partial charge in [-0.1, -0.05) is 68.3 Å². The Hall–Kier alpha value is -1.49. The van der Waals surface area contributed by atoms with E-state index < -0.39 is 0 Å². The molecule has 0 radical (unpaired) electrons. The van der Waals surface area contributed by atoms with Crippen molar-refractivity contribution in [1.82, 2.24) is 4.90 Å². The summed E-state index contributed by atoms with van der Waals surface area (Å²) in [7, 11) is 2.14. The van der Waals surface area contributed by atoms with Gasteiger partial charge in [0.2, 0.25) is 0 Å². The Morgan fingerprint density at radius 3 is 1.69 bits per heavy atom. The molecule has 0 saturated carbocycles. The van der Waals surface area contributed by atoms with Crippen molar-refractivity contribution in [2.45, 2.75) is 24.9 Å². The van der Waals surface area contributed by atoms with Crippen molar-refractivity contribution >= 4 is 49.8 Å². The predicted octanol–water partition coefficient (Wildman–Crippen LogP) is 5.72. The third-order valence-corrected chi connectivity index (χ3v) is 6.82. The van der Waals surface area contributed by atoms with Crippen LogP contribution >= 0.6 is 31.9 Å². The standard InChI is InChI=1S/C22H19Br2NO/c1-25-20-10-11-21(25)17(13-15-7-3-5-9-19(15)24)22(26)16(20)12-14-6-2-4-8-18(14)23/h2-9,12-13,20-21H,10-11H2,1H3/b16-12+,17-13+/t20-,21-/m0/s1. The van der Waals surface area contributed by atoms with Crippen LogP contribution in [0.5, 0.6) is 0 Å². The van der Waals surface area contributed by atoms with E-state index in [0.717, 1.165) is 44.1 Å². The van der Waals surface area contributed by atoms with Gasteiger partial charge in [0.05, 0.1) is 0 Å². The number of nitrogens with zero attached hydrogens (tertiary/aromatic N) is 1. The summed E-state index contributed by atoms with van der Waals surface area (Å²) in [6.07, 6.45) is 6.17. The van der Waals surface area contributed by atoms with Crippen molar-refractivity contribution in [2.24, 2.45) is 0 Å². The summed E-state index contributed by atoms with van der Waals surface area (Å²) < 4.78 is 2.03. The normalized spacial score (nSPS) is 26.0. The van der Waals surface area contributed by atoms with Gasteiger partial charge in [-0.15, -0.1) is 0 Å². The van der Waals surface area contributed by atoms with E-state index in [1.807, 2.05) is 48.5 Å². The Balaban J connectivity index is 1.81. The molecule has 2 nitrogen and oxygen atoms in total. The first-order chi connectivity index (χ1) is 12.6. The maximum atomic E-state index is 13.4. The van der Waals surface area contributed by atoms with E-state index in [2.05, 4.69) is 56.0 Å². The summed E-state index contributed by atoms with van der Waals surface area (Å²) >= 11 is 7.20. The number of ketones is 1. The molecule has 0 N–H and O–H groups in total. The predicted molar refractivity (Wildman–Crippen MR) is 114 cm³/mol. The number of halogens is 2. The Morgan fingerprint density at radius 1 is 0.846 bits per heavy atom. The Bertz CT molecular complexity index is 858. The summed E-state index contributed by atoms with van der Waals surface area (Å²) in [6.45, 7) is 0. The molecular formula is C22H19Br2NO. The molecule has 2 bridgehead atoms. The Kier molecular flexibility index (Phi) is 5.00. The molecule has 2 aliphatic heterocycles. The highest BCUT2D eigenvalue weighted by Gasteiger charge is 2.44. The van der Waals surface area contributed by atoms with Crippen LogP contribution in [-0.2, 0) is 4.79 Å². The lowest BCUT2D eigenvalue weighted by molar-refractivity contribution is -0.114. The number of hydrogen-bond donors (Lipinski definition) is 0. The first-order valence-corrected chi connectivity index (χ1v) is 10.3. The SMILES string of the molecule is CN1[C@H]2CC[C@H]1/C(=C\c1ccccc1Br)C(=O)/C2=C/c1ccccc1Br. The quantitative estimate of drug-likeness (QED) is 0.520. The Morgan fingerprint density at radius 2 is 1.27 bits per heavy atom. The molecule has 2 fully saturated rings. The van der Waals surface area contributed by atoms with Gasteiger partial charge >= 0.3 is 0 Å². The van der Waals surface area contributed by atoms with Crippen LogP contribution in [0.15, 0.2) is 68.6 Å². The van der Waals surface area contributed by atoms with E-state index in [0.29, 0.717) is 0 Å². The number of carbonyl (C=O) groups is 1. The fourth-order valence-electron chi connectivity index (χ4n) is 4.00. The summed E-state index contributed by atoms with van der Waals surface area (Å²) in [6, 6.07) is 16.5. The molecule has 2 aromatic carbocycles. The molecule has 0 aromatic heterocycles. The van der Waals surface area contributed by atoms with Gasteiger partial charge in [0.15, 0.2) is 5.78 Å². The van der Waals surface area contributed by atoms with Crippen molar-refractivity contribution in [2.75, 3.05) is 7.05 Å². The first-order valence-electron chi connectivity index (χ1n) is 8.75. The third kappa shape index (κ3) is 3.15. The number of fused-ring (bicyclic) bond motifs is 2. The summed E-state index contributed by atoms with van der Waals surface area (Å²) in [5.74, 6) is 0.183. The topological polar surface area (TPSA) is 20.3 Å². The number of hydrogen-bond acceptors (Lipinski definition) is 2. The zero-order chi connectivity index (χ0) is 18.3. The van der Waals surface area contributed by atoms with Gasteiger partial charge in [-0.05, 0) is 55.3 Å². The number of likely N-dealkylation sites (N-methyl/N-ethyl adjacent to an activating group) is 1. The molecule has 2 aliphatic rings. The summed E-state index contributed by atoms with van der Waals surface area (Å²) in [5, 5.41) is 0. The van der Waals surface area contributed by atoms with Gasteiger partial charge in [-0.25, -0.2) is 0 Å². The molecule has 4 rings (SSSR count). The number of piperidine rings is 1. The average Bonchev–Trinajstić information content (AvgIpc) is 2.94. The van der Waals surface area contributed by atoms with Crippen molar-refractivity contribution in [3.8, 4) is 0 Å². The van der Waals surface area contributed by atoms with E-state index in [9.17, 15) is 4.79 Å². The van der Waals surface area contributed by atoms with Crippen LogP contribution in [0.25, 0.3) is 12.2 Å². The van der Waals surface area contributed by atoms with Crippen molar-refractivity contribution < 1.29 is 4.79 Å². The molecular weight excluding hydrogens is 454 g/mol. The summed E-state index contributed by atoms with van der Waals surface area (Å²) in [5.41, 5.74) is 3.89. The molecule has 0 aliphatic carbocycles. The molecule has 0 unspecified atom stereocenters. The maximum Gasteiger partial charge on any atom is 0.188 e. The van der Waals surface area contributed by atoms with Gasteiger partial charge in [-0.2, -0.15) is 0 Å². The van der Waals surface area contributed by atoms with E-state index >= 15 is 0 Å². The lowest BCUT2D eigenvalue weighted by Crippen LogP contribution is -2.43. The minimum Gasteiger partial charge on any atom is -0.292 e. The van der Waals surface area contributed by atoms with Gasteiger partial charge in [0.1, 0.15) is 0 Å². The molecule has 2 atom stereocenters. The van der Waals surface area contributed by atoms with Crippen LogP contribution in [0.2, 0.25) is 0 Å². The molecule has 26 heavy (non-hydrogen) atoms. The minimum atomic E-state index is 0.183. The monoisotopic (exact) mass is 471 g/mol.